The van der Waals surface area contributed by atoms with Gasteiger partial charge in [-0.15, -0.1) is 0 Å². The maximum Gasteiger partial charge on any atom is 0.0817 e. The molecule has 2 atom stereocenters. The van der Waals surface area contributed by atoms with Crippen LogP contribution in [-0.2, 0) is 0 Å². The highest BCUT2D eigenvalue weighted by molar-refractivity contribution is 6.42. The van der Waals surface area contributed by atoms with Crippen LogP contribution in [0.15, 0.2) is 18.2 Å². The van der Waals surface area contributed by atoms with Crippen LogP contribution in [0, 0.1) is 0 Å². The molecule has 1 N–H and O–H groups in total. The molecule has 0 radical (unpaired) electrons. The Balaban J connectivity index is 2.62. The van der Waals surface area contributed by atoms with Gasteiger partial charge in [-0.3, -0.25) is 4.90 Å². The van der Waals surface area contributed by atoms with Gasteiger partial charge < -0.3 is 10.0 Å². The summed E-state index contributed by atoms with van der Waals surface area (Å²) >= 11 is 12.2. The largest absolute Gasteiger partial charge is 0.388 e. The Morgan fingerprint density at radius 3 is 2.48 bits per heavy atom. The van der Waals surface area contributed by atoms with E-state index in [0.29, 0.717) is 28.1 Å². The second-order valence-electron chi connectivity index (χ2n) is 5.69. The van der Waals surface area contributed by atoms with Crippen LogP contribution in [0.2, 0.25) is 10.0 Å². The van der Waals surface area contributed by atoms with Gasteiger partial charge in [0.2, 0.25) is 0 Å². The summed E-state index contributed by atoms with van der Waals surface area (Å²) in [7, 11) is 4.15. The molecular formula is C16H26Cl2N2O. The number of benzene rings is 1. The van der Waals surface area contributed by atoms with E-state index in [2.05, 4.69) is 37.7 Å². The van der Waals surface area contributed by atoms with Crippen molar-refractivity contribution in [1.82, 2.24) is 9.80 Å². The standard InChI is InChI=1S/C16H26Cl2N2O/c1-5-20(12(2)11-19(3)4)10-9-15(21)13-7-6-8-14(17)16(13)18/h6-8,12,15,21H,5,9-11H2,1-4H3. The van der Waals surface area contributed by atoms with E-state index >= 15 is 0 Å². The third kappa shape index (κ3) is 5.76. The molecule has 0 aliphatic carbocycles. The Bertz CT molecular complexity index is 440. The number of rotatable bonds is 8. The maximum atomic E-state index is 10.4. The van der Waals surface area contributed by atoms with Crippen molar-refractivity contribution in [3.63, 3.8) is 0 Å². The summed E-state index contributed by atoms with van der Waals surface area (Å²) in [4.78, 5) is 4.54. The van der Waals surface area contributed by atoms with Crippen molar-refractivity contribution in [2.24, 2.45) is 0 Å². The lowest BCUT2D eigenvalue weighted by molar-refractivity contribution is 0.121. The third-order valence-corrected chi connectivity index (χ3v) is 4.52. The summed E-state index contributed by atoms with van der Waals surface area (Å²) in [5.41, 5.74) is 0.709. The average Bonchev–Trinajstić information content (AvgIpc) is 2.41. The van der Waals surface area contributed by atoms with E-state index in [1.165, 1.54) is 0 Å². The molecule has 1 aromatic carbocycles. The fourth-order valence-corrected chi connectivity index (χ4v) is 2.99. The number of nitrogens with zero attached hydrogens (tertiary/aromatic N) is 2. The van der Waals surface area contributed by atoms with Crippen LogP contribution in [0.3, 0.4) is 0 Å². The molecule has 1 aromatic rings. The smallest absolute Gasteiger partial charge is 0.0817 e. The molecule has 120 valence electrons. The topological polar surface area (TPSA) is 26.7 Å². The summed E-state index contributed by atoms with van der Waals surface area (Å²) in [5.74, 6) is 0. The molecule has 0 fully saturated rings. The molecule has 21 heavy (non-hydrogen) atoms. The molecule has 3 nitrogen and oxygen atoms in total. The van der Waals surface area contributed by atoms with Crippen molar-refractivity contribution >= 4 is 23.2 Å². The van der Waals surface area contributed by atoms with E-state index in [4.69, 9.17) is 23.2 Å². The van der Waals surface area contributed by atoms with Gasteiger partial charge in [-0.05, 0) is 40.1 Å². The molecule has 0 spiro atoms. The Kier molecular flexibility index (Phi) is 7.99. The quantitative estimate of drug-likeness (QED) is 0.786. The van der Waals surface area contributed by atoms with E-state index in [1.54, 1.807) is 6.07 Å². The molecule has 5 heteroatoms. The van der Waals surface area contributed by atoms with Crippen LogP contribution in [0.4, 0.5) is 0 Å². The first-order valence-electron chi connectivity index (χ1n) is 7.37. The van der Waals surface area contributed by atoms with Crippen molar-refractivity contribution in [2.75, 3.05) is 33.7 Å². The number of likely N-dealkylation sites (N-methyl/N-ethyl adjacent to an activating group) is 2. The molecule has 0 heterocycles. The molecule has 0 saturated heterocycles. The van der Waals surface area contributed by atoms with Crippen LogP contribution in [-0.4, -0.2) is 54.7 Å². The number of halogens is 2. The SMILES string of the molecule is CCN(CCC(O)c1cccc(Cl)c1Cl)C(C)CN(C)C. The molecule has 0 aliphatic rings. The summed E-state index contributed by atoms with van der Waals surface area (Å²) in [6, 6.07) is 5.83. The van der Waals surface area contributed by atoms with Crippen LogP contribution < -0.4 is 0 Å². The van der Waals surface area contributed by atoms with Gasteiger partial charge in [0.05, 0.1) is 16.1 Å². The lowest BCUT2D eigenvalue weighted by Gasteiger charge is -2.30. The molecule has 0 aliphatic heterocycles. The summed E-state index contributed by atoms with van der Waals surface area (Å²) in [5, 5.41) is 11.3. The van der Waals surface area contributed by atoms with Crippen LogP contribution in [0.5, 0.6) is 0 Å². The molecule has 1 rings (SSSR count). The van der Waals surface area contributed by atoms with Crippen molar-refractivity contribution in [2.45, 2.75) is 32.4 Å². The second-order valence-corrected chi connectivity index (χ2v) is 6.47. The van der Waals surface area contributed by atoms with Crippen molar-refractivity contribution in [3.05, 3.63) is 33.8 Å². The first-order valence-corrected chi connectivity index (χ1v) is 8.13. The normalized spacial score (nSPS) is 14.7. The summed E-state index contributed by atoms with van der Waals surface area (Å²) < 4.78 is 0. The lowest BCUT2D eigenvalue weighted by Crippen LogP contribution is -2.40. The van der Waals surface area contributed by atoms with Crippen molar-refractivity contribution < 1.29 is 5.11 Å². The monoisotopic (exact) mass is 332 g/mol. The van der Waals surface area contributed by atoms with Gasteiger partial charge in [0.1, 0.15) is 0 Å². The Morgan fingerprint density at radius 2 is 1.90 bits per heavy atom. The highest BCUT2D eigenvalue weighted by Gasteiger charge is 2.17. The number of aliphatic hydroxyl groups excluding tert-OH is 1. The Morgan fingerprint density at radius 1 is 1.24 bits per heavy atom. The van der Waals surface area contributed by atoms with Gasteiger partial charge in [-0.1, -0.05) is 42.3 Å². The predicted octanol–water partition coefficient (Wildman–Crippen LogP) is 3.69. The second kappa shape index (κ2) is 8.96. The van der Waals surface area contributed by atoms with E-state index < -0.39 is 6.10 Å². The zero-order chi connectivity index (χ0) is 16.0. The van der Waals surface area contributed by atoms with Crippen molar-refractivity contribution in [3.8, 4) is 0 Å². The predicted molar refractivity (Wildman–Crippen MR) is 91.3 cm³/mol. The number of hydrogen-bond donors (Lipinski definition) is 1. The van der Waals surface area contributed by atoms with Gasteiger partial charge in [0.15, 0.2) is 0 Å². The highest BCUT2D eigenvalue weighted by atomic mass is 35.5. The van der Waals surface area contributed by atoms with Gasteiger partial charge in [0, 0.05) is 24.7 Å². The van der Waals surface area contributed by atoms with Crippen LogP contribution in [0.1, 0.15) is 31.9 Å². The molecule has 0 bridgehead atoms. The van der Waals surface area contributed by atoms with E-state index in [-0.39, 0.29) is 0 Å². The van der Waals surface area contributed by atoms with Crippen molar-refractivity contribution in [1.29, 1.82) is 0 Å². The van der Waals surface area contributed by atoms with Gasteiger partial charge >= 0.3 is 0 Å². The maximum absolute atomic E-state index is 10.4. The summed E-state index contributed by atoms with van der Waals surface area (Å²) in [6.45, 7) is 7.15. The van der Waals surface area contributed by atoms with Gasteiger partial charge in [-0.2, -0.15) is 0 Å². The minimum Gasteiger partial charge on any atom is -0.388 e. The average molecular weight is 333 g/mol. The molecule has 0 saturated carbocycles. The summed E-state index contributed by atoms with van der Waals surface area (Å²) in [6.07, 6.45) is 0.0582. The zero-order valence-corrected chi connectivity index (χ0v) is 14.8. The first kappa shape index (κ1) is 18.7. The molecular weight excluding hydrogens is 307 g/mol. The lowest BCUT2D eigenvalue weighted by atomic mass is 10.1. The van der Waals surface area contributed by atoms with E-state index in [1.807, 2.05) is 12.1 Å². The van der Waals surface area contributed by atoms with E-state index in [9.17, 15) is 5.11 Å². The fraction of sp³-hybridized carbons (Fsp3) is 0.625. The minimum absolute atomic E-state index is 0.451. The molecule has 0 aromatic heterocycles. The van der Waals surface area contributed by atoms with Gasteiger partial charge in [0.25, 0.3) is 0 Å². The fourth-order valence-electron chi connectivity index (χ4n) is 2.56. The van der Waals surface area contributed by atoms with E-state index in [0.717, 1.165) is 19.6 Å². The van der Waals surface area contributed by atoms with Crippen LogP contribution in [0.25, 0.3) is 0 Å². The molecule has 0 amide bonds. The highest BCUT2D eigenvalue weighted by Crippen LogP contribution is 2.31. The number of hydrogen-bond acceptors (Lipinski definition) is 3. The van der Waals surface area contributed by atoms with Gasteiger partial charge in [-0.25, -0.2) is 0 Å². The third-order valence-electron chi connectivity index (χ3n) is 3.69. The van der Waals surface area contributed by atoms with Crippen LogP contribution >= 0.6 is 23.2 Å². The Labute approximate surface area is 138 Å². The molecule has 2 unspecified atom stereocenters. The minimum atomic E-state index is -0.586. The Hall–Kier alpha value is -0.320. The zero-order valence-electron chi connectivity index (χ0n) is 13.3. The number of aliphatic hydroxyl groups is 1. The first-order chi connectivity index (χ1) is 9.86.